The Morgan fingerprint density at radius 3 is 2.30 bits per heavy atom. The molecule has 0 aromatic heterocycles. The highest BCUT2D eigenvalue weighted by Gasteiger charge is 2.16. The Morgan fingerprint density at radius 2 is 1.80 bits per heavy atom. The number of hydrogen-bond donors (Lipinski definition) is 0. The summed E-state index contributed by atoms with van der Waals surface area (Å²) >= 11 is 0. The molecule has 0 radical (unpaired) electrons. The second-order valence-corrected chi connectivity index (χ2v) is 5.15. The Kier molecular flexibility index (Phi) is 12.1. The van der Waals surface area contributed by atoms with E-state index in [0.29, 0.717) is 18.8 Å². The third-order valence-electron chi connectivity index (χ3n) is 3.71. The first-order valence-electron chi connectivity index (χ1n) is 8.27. The van der Waals surface area contributed by atoms with E-state index in [2.05, 4.69) is 32.3 Å². The van der Waals surface area contributed by atoms with Crippen LogP contribution in [0.5, 0.6) is 0 Å². The van der Waals surface area contributed by atoms with Crippen molar-refractivity contribution in [1.82, 2.24) is 4.90 Å². The van der Waals surface area contributed by atoms with Gasteiger partial charge in [0, 0.05) is 19.3 Å². The van der Waals surface area contributed by atoms with Crippen molar-refractivity contribution < 1.29 is 9.47 Å². The fraction of sp³-hybridized carbons (Fsp3) is 0.882. The predicted octanol–water partition coefficient (Wildman–Crippen LogP) is 3.88. The van der Waals surface area contributed by atoms with Gasteiger partial charge in [0.25, 0.3) is 0 Å². The van der Waals surface area contributed by atoms with E-state index >= 15 is 0 Å². The average Bonchev–Trinajstić information content (AvgIpc) is 2.49. The van der Waals surface area contributed by atoms with Gasteiger partial charge < -0.3 is 14.4 Å². The smallest absolute Gasteiger partial charge is 0.0678 e. The molecule has 0 N–H and O–H groups in total. The van der Waals surface area contributed by atoms with E-state index in [-0.39, 0.29) is 0 Å². The molecule has 1 fully saturated rings. The minimum Gasteiger partial charge on any atom is -0.381 e. The Balaban J connectivity index is 0.00000172. The van der Waals surface area contributed by atoms with Gasteiger partial charge >= 0.3 is 0 Å². The normalized spacial score (nSPS) is 17.5. The molecule has 1 heterocycles. The summed E-state index contributed by atoms with van der Waals surface area (Å²) in [6.45, 7) is 19.4. The molecule has 3 nitrogen and oxygen atoms in total. The average molecular weight is 285 g/mol. The molecule has 1 unspecified atom stereocenters. The van der Waals surface area contributed by atoms with E-state index in [1.54, 1.807) is 0 Å². The number of nitrogens with zero attached hydrogens (tertiary/aromatic N) is 1. The third kappa shape index (κ3) is 8.03. The Morgan fingerprint density at radius 1 is 1.25 bits per heavy atom. The zero-order chi connectivity index (χ0) is 15.4. The monoisotopic (exact) mass is 285 g/mol. The molecule has 1 saturated heterocycles. The quantitative estimate of drug-likeness (QED) is 0.632. The van der Waals surface area contributed by atoms with Crippen LogP contribution in [0.15, 0.2) is 12.2 Å². The molecule has 0 aliphatic carbocycles. The Bertz CT molecular complexity index is 233. The van der Waals surface area contributed by atoms with Crippen LogP contribution >= 0.6 is 0 Å². The van der Waals surface area contributed by atoms with Crippen LogP contribution in [-0.4, -0.2) is 50.0 Å². The van der Waals surface area contributed by atoms with Gasteiger partial charge in [0.1, 0.15) is 0 Å². The standard InChI is InChI=1S/C15H29NO2.C2H6/c1-5-16(6-2)14(4)11-13(3)12-18-15-7-9-17-10-8-15;1-2/h14-15H,3,5-12H2,1-2,4H3;1-2H3. The summed E-state index contributed by atoms with van der Waals surface area (Å²) < 4.78 is 11.2. The molecule has 0 amide bonds. The first kappa shape index (κ1) is 19.6. The van der Waals surface area contributed by atoms with Crippen molar-refractivity contribution in [1.29, 1.82) is 0 Å². The molecule has 0 spiro atoms. The maximum absolute atomic E-state index is 5.89. The fourth-order valence-corrected chi connectivity index (χ4v) is 2.53. The van der Waals surface area contributed by atoms with Gasteiger partial charge in [-0.3, -0.25) is 0 Å². The lowest BCUT2D eigenvalue weighted by Crippen LogP contribution is -2.33. The van der Waals surface area contributed by atoms with Gasteiger partial charge in [0.05, 0.1) is 12.7 Å². The highest BCUT2D eigenvalue weighted by Crippen LogP contribution is 2.14. The highest BCUT2D eigenvalue weighted by atomic mass is 16.5. The van der Waals surface area contributed by atoms with Gasteiger partial charge in [-0.15, -0.1) is 0 Å². The summed E-state index contributed by atoms with van der Waals surface area (Å²) in [5.41, 5.74) is 1.21. The highest BCUT2D eigenvalue weighted by molar-refractivity contribution is 4.97. The summed E-state index contributed by atoms with van der Waals surface area (Å²) in [7, 11) is 0. The first-order chi connectivity index (χ1) is 9.67. The van der Waals surface area contributed by atoms with Crippen molar-refractivity contribution >= 4 is 0 Å². The lowest BCUT2D eigenvalue weighted by Gasteiger charge is -2.28. The Hall–Kier alpha value is -0.380. The van der Waals surface area contributed by atoms with Crippen molar-refractivity contribution in [3.8, 4) is 0 Å². The van der Waals surface area contributed by atoms with Crippen LogP contribution in [0.3, 0.4) is 0 Å². The Labute approximate surface area is 126 Å². The zero-order valence-corrected chi connectivity index (χ0v) is 14.3. The second-order valence-electron chi connectivity index (χ2n) is 5.15. The van der Waals surface area contributed by atoms with Gasteiger partial charge in [-0.05, 0) is 39.3 Å². The van der Waals surface area contributed by atoms with Crippen molar-refractivity contribution in [3.63, 3.8) is 0 Å². The molecule has 1 atom stereocenters. The first-order valence-corrected chi connectivity index (χ1v) is 8.27. The lowest BCUT2D eigenvalue weighted by atomic mass is 10.1. The molecule has 1 rings (SSSR count). The van der Waals surface area contributed by atoms with Crippen LogP contribution in [0.1, 0.15) is 53.9 Å². The largest absolute Gasteiger partial charge is 0.381 e. The van der Waals surface area contributed by atoms with Crippen LogP contribution < -0.4 is 0 Å². The molecule has 0 bridgehead atoms. The summed E-state index contributed by atoms with van der Waals surface area (Å²) in [6.07, 6.45) is 3.46. The van der Waals surface area contributed by atoms with Crippen molar-refractivity contribution in [2.75, 3.05) is 32.9 Å². The molecule has 1 aliphatic rings. The van der Waals surface area contributed by atoms with E-state index in [9.17, 15) is 0 Å². The van der Waals surface area contributed by atoms with Crippen LogP contribution in [0.2, 0.25) is 0 Å². The number of ether oxygens (including phenoxy) is 2. The molecule has 0 saturated carbocycles. The number of rotatable bonds is 8. The van der Waals surface area contributed by atoms with Gasteiger partial charge in [0.15, 0.2) is 0 Å². The minimum atomic E-state index is 0.374. The van der Waals surface area contributed by atoms with Gasteiger partial charge in [0.2, 0.25) is 0 Å². The lowest BCUT2D eigenvalue weighted by molar-refractivity contribution is -0.0250. The molecule has 1 aliphatic heterocycles. The van der Waals surface area contributed by atoms with E-state index in [4.69, 9.17) is 9.47 Å². The maximum Gasteiger partial charge on any atom is 0.0678 e. The fourth-order valence-electron chi connectivity index (χ4n) is 2.53. The SMILES string of the molecule is C=C(COC1CCOCC1)CC(C)N(CC)CC.CC. The van der Waals surface area contributed by atoms with E-state index < -0.39 is 0 Å². The molecule has 20 heavy (non-hydrogen) atoms. The van der Waals surface area contributed by atoms with Crippen molar-refractivity contribution in [2.24, 2.45) is 0 Å². The molecule has 120 valence electrons. The van der Waals surface area contributed by atoms with Crippen LogP contribution in [-0.2, 0) is 9.47 Å². The van der Waals surface area contributed by atoms with Gasteiger partial charge in [-0.25, -0.2) is 0 Å². The third-order valence-corrected chi connectivity index (χ3v) is 3.71. The molecular weight excluding hydrogens is 250 g/mol. The summed E-state index contributed by atoms with van der Waals surface area (Å²) in [4.78, 5) is 2.46. The molecular formula is C17H35NO2. The van der Waals surface area contributed by atoms with E-state index in [0.717, 1.165) is 45.6 Å². The van der Waals surface area contributed by atoms with Crippen molar-refractivity contribution in [3.05, 3.63) is 12.2 Å². The minimum absolute atomic E-state index is 0.374. The summed E-state index contributed by atoms with van der Waals surface area (Å²) in [6, 6.07) is 0.561. The molecule has 0 aromatic rings. The van der Waals surface area contributed by atoms with Crippen LogP contribution in [0.4, 0.5) is 0 Å². The molecule has 3 heteroatoms. The van der Waals surface area contributed by atoms with Crippen LogP contribution in [0.25, 0.3) is 0 Å². The van der Waals surface area contributed by atoms with Gasteiger partial charge in [-0.1, -0.05) is 39.8 Å². The van der Waals surface area contributed by atoms with Gasteiger partial charge in [-0.2, -0.15) is 0 Å². The van der Waals surface area contributed by atoms with Crippen LogP contribution in [0, 0.1) is 0 Å². The number of hydrogen-bond acceptors (Lipinski definition) is 3. The zero-order valence-electron chi connectivity index (χ0n) is 14.3. The van der Waals surface area contributed by atoms with E-state index in [1.165, 1.54) is 5.57 Å². The summed E-state index contributed by atoms with van der Waals surface area (Å²) in [5.74, 6) is 0. The topological polar surface area (TPSA) is 21.7 Å². The second kappa shape index (κ2) is 12.4. The predicted molar refractivity (Wildman–Crippen MR) is 87.3 cm³/mol. The van der Waals surface area contributed by atoms with Crippen molar-refractivity contribution in [2.45, 2.75) is 66.0 Å². The van der Waals surface area contributed by atoms with E-state index in [1.807, 2.05) is 13.8 Å². The maximum atomic E-state index is 5.89. The summed E-state index contributed by atoms with van der Waals surface area (Å²) in [5, 5.41) is 0. The molecule has 0 aromatic carbocycles.